The van der Waals surface area contributed by atoms with E-state index in [1.165, 1.54) is 14.2 Å². The van der Waals surface area contributed by atoms with Crippen LogP contribution in [0.25, 0.3) is 0 Å². The Morgan fingerprint density at radius 2 is 1.96 bits per heavy atom. The third-order valence-electron chi connectivity index (χ3n) is 5.24. The highest BCUT2D eigenvalue weighted by Gasteiger charge is 2.27. The van der Waals surface area contributed by atoms with Gasteiger partial charge in [0.25, 0.3) is 10.2 Å². The number of piperidine rings is 1. The first-order chi connectivity index (χ1) is 12.4. The van der Waals surface area contributed by atoms with E-state index in [2.05, 4.69) is 11.0 Å². The maximum Gasteiger partial charge on any atom is 0.281 e. The number of hydrogen-bond donors (Lipinski definition) is 0. The van der Waals surface area contributed by atoms with Crippen molar-refractivity contribution in [1.82, 2.24) is 13.5 Å². The highest BCUT2D eigenvalue weighted by Crippen LogP contribution is 2.22. The van der Waals surface area contributed by atoms with E-state index in [4.69, 9.17) is 4.74 Å². The summed E-state index contributed by atoms with van der Waals surface area (Å²) in [6.45, 7) is 5.93. The summed E-state index contributed by atoms with van der Waals surface area (Å²) < 4.78 is 33.2. The van der Waals surface area contributed by atoms with Crippen molar-refractivity contribution in [2.75, 3.05) is 53.9 Å². The lowest BCUT2D eigenvalue weighted by molar-refractivity contribution is 0.161. The smallest absolute Gasteiger partial charge is 0.281 e. The second-order valence-corrected chi connectivity index (χ2v) is 9.22. The van der Waals surface area contributed by atoms with Gasteiger partial charge in [-0.2, -0.15) is 17.0 Å². The molecule has 0 radical (unpaired) electrons. The van der Waals surface area contributed by atoms with Gasteiger partial charge in [0.05, 0.1) is 7.11 Å². The van der Waals surface area contributed by atoms with Gasteiger partial charge in [-0.1, -0.05) is 25.1 Å². The third-order valence-corrected chi connectivity index (χ3v) is 7.22. The van der Waals surface area contributed by atoms with Crippen LogP contribution < -0.4 is 4.74 Å². The molecule has 1 aliphatic rings. The van der Waals surface area contributed by atoms with Gasteiger partial charge in [0.15, 0.2) is 0 Å². The van der Waals surface area contributed by atoms with Crippen molar-refractivity contribution < 1.29 is 13.2 Å². The van der Waals surface area contributed by atoms with Crippen LogP contribution in [0.3, 0.4) is 0 Å². The minimum absolute atomic E-state index is 0.381. The number of rotatable bonds is 9. The van der Waals surface area contributed by atoms with Gasteiger partial charge in [-0.3, -0.25) is 0 Å². The summed E-state index contributed by atoms with van der Waals surface area (Å²) in [6, 6.07) is 8.14. The van der Waals surface area contributed by atoms with Crippen LogP contribution in [0.4, 0.5) is 0 Å². The van der Waals surface area contributed by atoms with Crippen molar-refractivity contribution >= 4 is 10.2 Å². The maximum absolute atomic E-state index is 12.4. The second kappa shape index (κ2) is 9.69. The largest absolute Gasteiger partial charge is 0.496 e. The molecular formula is C19H33N3O3S. The van der Waals surface area contributed by atoms with E-state index in [0.717, 1.165) is 44.6 Å². The van der Waals surface area contributed by atoms with Crippen LogP contribution in [0.5, 0.6) is 5.75 Å². The van der Waals surface area contributed by atoms with E-state index in [0.29, 0.717) is 19.0 Å². The number of para-hydroxylation sites is 1. The molecule has 1 heterocycles. The summed E-state index contributed by atoms with van der Waals surface area (Å²) in [6.07, 6.45) is 3.15. The average Bonchev–Trinajstić information content (AvgIpc) is 2.66. The molecule has 0 unspecified atom stereocenters. The number of likely N-dealkylation sites (tertiary alicyclic amines) is 1. The number of methoxy groups -OCH3 is 1. The topological polar surface area (TPSA) is 53.1 Å². The van der Waals surface area contributed by atoms with E-state index in [9.17, 15) is 8.42 Å². The van der Waals surface area contributed by atoms with Crippen LogP contribution in [0.1, 0.15) is 25.3 Å². The van der Waals surface area contributed by atoms with E-state index < -0.39 is 10.2 Å². The Kier molecular flexibility index (Phi) is 7.88. The van der Waals surface area contributed by atoms with Gasteiger partial charge in [0, 0.05) is 40.3 Å². The highest BCUT2D eigenvalue weighted by molar-refractivity contribution is 7.86. The highest BCUT2D eigenvalue weighted by atomic mass is 32.2. The zero-order chi connectivity index (χ0) is 19.2. The molecule has 0 aliphatic carbocycles. The van der Waals surface area contributed by atoms with E-state index >= 15 is 0 Å². The van der Waals surface area contributed by atoms with Gasteiger partial charge in [0.1, 0.15) is 5.75 Å². The van der Waals surface area contributed by atoms with Crippen LogP contribution in [0, 0.1) is 5.92 Å². The van der Waals surface area contributed by atoms with Crippen molar-refractivity contribution in [2.24, 2.45) is 5.92 Å². The molecule has 1 aliphatic heterocycles. The first kappa shape index (κ1) is 21.2. The van der Waals surface area contributed by atoms with Gasteiger partial charge in [-0.15, -0.1) is 0 Å². The number of hydrogen-bond acceptors (Lipinski definition) is 4. The minimum Gasteiger partial charge on any atom is -0.496 e. The quantitative estimate of drug-likeness (QED) is 0.655. The summed E-state index contributed by atoms with van der Waals surface area (Å²) in [4.78, 5) is 2.45. The van der Waals surface area contributed by atoms with E-state index in [1.54, 1.807) is 21.2 Å². The molecule has 0 bridgehead atoms. The predicted octanol–water partition coefficient (Wildman–Crippen LogP) is 2.08. The lowest BCUT2D eigenvalue weighted by Gasteiger charge is -2.35. The molecule has 1 aromatic carbocycles. The number of nitrogens with zero attached hydrogens (tertiary/aromatic N) is 3. The molecule has 1 atom stereocenters. The fourth-order valence-electron chi connectivity index (χ4n) is 3.55. The number of ether oxygens (including phenoxy) is 1. The van der Waals surface area contributed by atoms with Crippen LogP contribution >= 0.6 is 0 Å². The zero-order valence-electron chi connectivity index (χ0n) is 16.5. The van der Waals surface area contributed by atoms with E-state index in [-0.39, 0.29) is 0 Å². The summed E-state index contributed by atoms with van der Waals surface area (Å²) >= 11 is 0. The third kappa shape index (κ3) is 5.42. The molecule has 1 fully saturated rings. The van der Waals surface area contributed by atoms with Crippen LogP contribution in [-0.2, 0) is 16.6 Å². The predicted molar refractivity (Wildman–Crippen MR) is 106 cm³/mol. The van der Waals surface area contributed by atoms with Gasteiger partial charge in [0.2, 0.25) is 0 Å². The molecule has 1 aromatic rings. The molecule has 0 N–H and O–H groups in total. The van der Waals surface area contributed by atoms with Crippen LogP contribution in [0.2, 0.25) is 0 Å². The molecule has 6 nitrogen and oxygen atoms in total. The Balaban J connectivity index is 1.89. The van der Waals surface area contributed by atoms with Gasteiger partial charge in [-0.25, -0.2) is 0 Å². The Morgan fingerprint density at radius 3 is 2.65 bits per heavy atom. The van der Waals surface area contributed by atoms with Crippen molar-refractivity contribution in [3.05, 3.63) is 29.8 Å². The number of benzene rings is 1. The molecule has 7 heteroatoms. The fourth-order valence-corrected chi connectivity index (χ4v) is 4.75. The summed E-state index contributed by atoms with van der Waals surface area (Å²) in [5, 5.41) is 0. The lowest BCUT2D eigenvalue weighted by Crippen LogP contribution is -2.45. The Labute approximate surface area is 158 Å². The van der Waals surface area contributed by atoms with Gasteiger partial charge >= 0.3 is 0 Å². The molecule has 2 rings (SSSR count). The Bertz CT molecular complexity index is 666. The van der Waals surface area contributed by atoms with Crippen molar-refractivity contribution in [3.63, 3.8) is 0 Å². The fraction of sp³-hybridized carbons (Fsp3) is 0.684. The average molecular weight is 384 g/mol. The van der Waals surface area contributed by atoms with Crippen molar-refractivity contribution in [1.29, 1.82) is 0 Å². The van der Waals surface area contributed by atoms with Crippen molar-refractivity contribution in [3.8, 4) is 5.75 Å². The van der Waals surface area contributed by atoms with Crippen LogP contribution in [0.15, 0.2) is 24.3 Å². The summed E-state index contributed by atoms with van der Waals surface area (Å²) in [7, 11) is 1.69. The normalized spacial score (nSPS) is 19.2. The molecule has 0 spiro atoms. The first-order valence-electron chi connectivity index (χ1n) is 9.40. The second-order valence-electron chi connectivity index (χ2n) is 7.07. The molecular weight excluding hydrogens is 350 g/mol. The molecule has 0 saturated carbocycles. The minimum atomic E-state index is -3.34. The van der Waals surface area contributed by atoms with Gasteiger partial charge in [-0.05, 0) is 43.4 Å². The molecule has 148 valence electrons. The summed E-state index contributed by atoms with van der Waals surface area (Å²) in [5.74, 6) is 1.32. The summed E-state index contributed by atoms with van der Waals surface area (Å²) in [5.41, 5.74) is 1.22. The first-order valence-corrected chi connectivity index (χ1v) is 10.8. The maximum atomic E-state index is 12.4. The molecule has 1 saturated heterocycles. The standard InChI is InChI=1S/C19H33N3O3S/c1-5-20(2)26(23,24)21(3)15-17-9-8-13-22(16-17)14-12-18-10-6-7-11-19(18)25-4/h6-7,10-11,17H,5,8-9,12-16H2,1-4H3/t17-/m1/s1. The molecule has 0 aromatic heterocycles. The zero-order valence-corrected chi connectivity index (χ0v) is 17.3. The monoisotopic (exact) mass is 383 g/mol. The van der Waals surface area contributed by atoms with Gasteiger partial charge < -0.3 is 9.64 Å². The Hall–Kier alpha value is -1.15. The van der Waals surface area contributed by atoms with Crippen LogP contribution in [-0.4, -0.2) is 75.9 Å². The SMILES string of the molecule is CCN(C)S(=O)(=O)N(C)C[C@H]1CCCN(CCc2ccccc2OC)C1. The molecule has 26 heavy (non-hydrogen) atoms. The van der Waals surface area contributed by atoms with Crippen molar-refractivity contribution in [2.45, 2.75) is 26.2 Å². The lowest BCUT2D eigenvalue weighted by atomic mass is 9.97. The van der Waals surface area contributed by atoms with E-state index in [1.807, 2.05) is 25.1 Å². The molecule has 0 amide bonds. The Morgan fingerprint density at radius 1 is 1.23 bits per heavy atom.